The molecule has 0 spiro atoms. The molecule has 0 saturated carbocycles. The van der Waals surface area contributed by atoms with Gasteiger partial charge in [-0.2, -0.15) is 0 Å². The summed E-state index contributed by atoms with van der Waals surface area (Å²) in [5.41, 5.74) is 0.538. The van der Waals surface area contributed by atoms with Crippen molar-refractivity contribution in [2.75, 3.05) is 11.9 Å². The van der Waals surface area contributed by atoms with E-state index in [-0.39, 0.29) is 0 Å². The molecule has 0 amide bonds. The normalized spacial score (nSPS) is 11.4. The first kappa shape index (κ1) is 13.6. The Bertz CT molecular complexity index is 342. The minimum Gasteiger partial charge on any atom is -0.296 e. The van der Waals surface area contributed by atoms with Gasteiger partial charge in [0.25, 0.3) is 0 Å². The predicted molar refractivity (Wildman–Crippen MR) is 65.7 cm³/mol. The third-order valence-electron chi connectivity index (χ3n) is 2.49. The van der Waals surface area contributed by atoms with Crippen LogP contribution in [0.2, 0.25) is 0 Å². The molecule has 0 aliphatic heterocycles. The number of halogens is 3. The summed E-state index contributed by atoms with van der Waals surface area (Å²) in [5, 5.41) is 0.841. The van der Waals surface area contributed by atoms with E-state index >= 15 is 0 Å². The first-order valence-corrected chi connectivity index (χ1v) is 6.40. The van der Waals surface area contributed by atoms with E-state index in [1.165, 1.54) is 12.1 Å². The SMILES string of the molecule is CC(C)N(CCBr)Cc1ccc(F)cc1F. The average Bonchev–Trinajstić information content (AvgIpc) is 2.20. The van der Waals surface area contributed by atoms with Gasteiger partial charge in [-0.15, -0.1) is 0 Å². The summed E-state index contributed by atoms with van der Waals surface area (Å²) in [7, 11) is 0. The highest BCUT2D eigenvalue weighted by Gasteiger charge is 2.12. The van der Waals surface area contributed by atoms with Crippen molar-refractivity contribution >= 4 is 15.9 Å². The molecule has 1 aromatic carbocycles. The monoisotopic (exact) mass is 291 g/mol. The van der Waals surface area contributed by atoms with Crippen molar-refractivity contribution in [3.8, 4) is 0 Å². The van der Waals surface area contributed by atoms with Crippen LogP contribution in [0.1, 0.15) is 19.4 Å². The summed E-state index contributed by atoms with van der Waals surface area (Å²) in [6.45, 7) is 5.47. The van der Waals surface area contributed by atoms with Crippen molar-refractivity contribution < 1.29 is 8.78 Å². The van der Waals surface area contributed by atoms with Gasteiger partial charge in [-0.1, -0.05) is 22.0 Å². The lowest BCUT2D eigenvalue weighted by Gasteiger charge is -2.25. The lowest BCUT2D eigenvalue weighted by molar-refractivity contribution is 0.224. The first-order chi connectivity index (χ1) is 7.54. The van der Waals surface area contributed by atoms with Crippen LogP contribution in [-0.2, 0) is 6.54 Å². The van der Waals surface area contributed by atoms with E-state index in [9.17, 15) is 8.78 Å². The molecule has 0 radical (unpaired) electrons. The molecule has 0 bridgehead atoms. The molecular formula is C12H16BrF2N. The first-order valence-electron chi connectivity index (χ1n) is 5.28. The van der Waals surface area contributed by atoms with Crippen molar-refractivity contribution in [3.05, 3.63) is 35.4 Å². The summed E-state index contributed by atoms with van der Waals surface area (Å²) >= 11 is 3.37. The third-order valence-corrected chi connectivity index (χ3v) is 2.85. The van der Waals surface area contributed by atoms with Crippen molar-refractivity contribution in [2.45, 2.75) is 26.4 Å². The predicted octanol–water partition coefficient (Wildman–Crippen LogP) is 3.57. The second kappa shape index (κ2) is 6.30. The van der Waals surface area contributed by atoms with Crippen LogP contribution >= 0.6 is 15.9 Å². The molecule has 1 aromatic rings. The molecule has 1 nitrogen and oxygen atoms in total. The molecule has 0 fully saturated rings. The van der Waals surface area contributed by atoms with Gasteiger partial charge in [0.05, 0.1) is 0 Å². The van der Waals surface area contributed by atoms with Crippen LogP contribution in [0.15, 0.2) is 18.2 Å². The van der Waals surface area contributed by atoms with Gasteiger partial charge in [-0.3, -0.25) is 4.90 Å². The zero-order valence-corrected chi connectivity index (χ0v) is 11.1. The number of nitrogens with zero attached hydrogens (tertiary/aromatic N) is 1. The molecule has 0 heterocycles. The molecule has 0 aromatic heterocycles. The van der Waals surface area contributed by atoms with Gasteiger partial charge in [-0.05, 0) is 19.9 Å². The van der Waals surface area contributed by atoms with E-state index in [0.29, 0.717) is 18.2 Å². The lowest BCUT2D eigenvalue weighted by Crippen LogP contribution is -2.32. The molecule has 16 heavy (non-hydrogen) atoms. The summed E-state index contributed by atoms with van der Waals surface area (Å²) in [6, 6.07) is 4.07. The van der Waals surface area contributed by atoms with Crippen LogP contribution in [0.4, 0.5) is 8.78 Å². The van der Waals surface area contributed by atoms with Gasteiger partial charge in [0.2, 0.25) is 0 Å². The van der Waals surface area contributed by atoms with Gasteiger partial charge in [0.1, 0.15) is 11.6 Å². The Labute approximate surface area is 104 Å². The van der Waals surface area contributed by atoms with Gasteiger partial charge in [-0.25, -0.2) is 8.78 Å². The number of hydrogen-bond donors (Lipinski definition) is 0. The maximum Gasteiger partial charge on any atom is 0.130 e. The summed E-state index contributed by atoms with van der Waals surface area (Å²) in [5.74, 6) is -1.00. The van der Waals surface area contributed by atoms with Gasteiger partial charge < -0.3 is 0 Å². The highest BCUT2D eigenvalue weighted by Crippen LogP contribution is 2.14. The molecule has 0 atom stereocenters. The van der Waals surface area contributed by atoms with Crippen LogP contribution in [-0.4, -0.2) is 22.8 Å². The Balaban J connectivity index is 2.77. The largest absolute Gasteiger partial charge is 0.296 e. The van der Waals surface area contributed by atoms with E-state index in [4.69, 9.17) is 0 Å². The Morgan fingerprint density at radius 1 is 1.31 bits per heavy atom. The molecule has 0 unspecified atom stereocenters. The fourth-order valence-corrected chi connectivity index (χ4v) is 1.95. The zero-order valence-electron chi connectivity index (χ0n) is 9.51. The molecule has 1 rings (SSSR count). The molecule has 0 aliphatic rings. The standard InChI is InChI=1S/C12H16BrF2N/c1-9(2)16(6-5-13)8-10-3-4-11(14)7-12(10)15/h3-4,7,9H,5-6,8H2,1-2H3. The number of rotatable bonds is 5. The molecule has 90 valence electrons. The Hall–Kier alpha value is -0.480. The highest BCUT2D eigenvalue weighted by atomic mass is 79.9. The smallest absolute Gasteiger partial charge is 0.130 e. The van der Waals surface area contributed by atoms with Gasteiger partial charge in [0.15, 0.2) is 0 Å². The Morgan fingerprint density at radius 3 is 2.50 bits per heavy atom. The summed E-state index contributed by atoms with van der Waals surface area (Å²) in [6.07, 6.45) is 0. The second-order valence-electron chi connectivity index (χ2n) is 3.99. The molecular weight excluding hydrogens is 276 g/mol. The molecule has 0 saturated heterocycles. The van der Waals surface area contributed by atoms with E-state index in [2.05, 4.69) is 34.7 Å². The van der Waals surface area contributed by atoms with E-state index in [1.54, 1.807) is 0 Å². The molecule has 0 N–H and O–H groups in total. The summed E-state index contributed by atoms with van der Waals surface area (Å²) < 4.78 is 26.2. The van der Waals surface area contributed by atoms with Crippen LogP contribution in [0, 0.1) is 11.6 Å². The Morgan fingerprint density at radius 2 is 2.00 bits per heavy atom. The minimum absolute atomic E-state index is 0.335. The van der Waals surface area contributed by atoms with Gasteiger partial charge >= 0.3 is 0 Å². The summed E-state index contributed by atoms with van der Waals surface area (Å²) in [4.78, 5) is 2.13. The van der Waals surface area contributed by atoms with Crippen LogP contribution < -0.4 is 0 Å². The third kappa shape index (κ3) is 3.83. The number of alkyl halides is 1. The van der Waals surface area contributed by atoms with Crippen molar-refractivity contribution in [1.82, 2.24) is 4.90 Å². The van der Waals surface area contributed by atoms with E-state index in [1.807, 2.05) is 0 Å². The lowest BCUT2D eigenvalue weighted by atomic mass is 10.1. The molecule has 0 aliphatic carbocycles. The quantitative estimate of drug-likeness (QED) is 0.750. The Kier molecular flexibility index (Phi) is 5.35. The molecule has 4 heteroatoms. The topological polar surface area (TPSA) is 3.24 Å². The number of benzene rings is 1. The van der Waals surface area contributed by atoms with Crippen LogP contribution in [0.25, 0.3) is 0 Å². The van der Waals surface area contributed by atoms with Crippen LogP contribution in [0.3, 0.4) is 0 Å². The fraction of sp³-hybridized carbons (Fsp3) is 0.500. The van der Waals surface area contributed by atoms with Crippen molar-refractivity contribution in [1.29, 1.82) is 0 Å². The van der Waals surface area contributed by atoms with Crippen LogP contribution in [0.5, 0.6) is 0 Å². The number of hydrogen-bond acceptors (Lipinski definition) is 1. The fourth-order valence-electron chi connectivity index (χ4n) is 1.50. The minimum atomic E-state index is -0.530. The van der Waals surface area contributed by atoms with Crippen molar-refractivity contribution in [2.24, 2.45) is 0 Å². The van der Waals surface area contributed by atoms with Gasteiger partial charge in [0, 0.05) is 36.1 Å². The highest BCUT2D eigenvalue weighted by molar-refractivity contribution is 9.09. The second-order valence-corrected chi connectivity index (χ2v) is 4.78. The van der Waals surface area contributed by atoms with E-state index < -0.39 is 11.6 Å². The van der Waals surface area contributed by atoms with E-state index in [0.717, 1.165) is 17.9 Å². The van der Waals surface area contributed by atoms with Crippen molar-refractivity contribution in [3.63, 3.8) is 0 Å². The average molecular weight is 292 g/mol. The maximum atomic E-state index is 13.4. The maximum absolute atomic E-state index is 13.4. The zero-order chi connectivity index (χ0) is 12.1.